The number of benzene rings is 3. The van der Waals surface area contributed by atoms with E-state index in [9.17, 15) is 24.1 Å². The van der Waals surface area contributed by atoms with E-state index in [0.717, 1.165) is 4.90 Å². The third-order valence-corrected chi connectivity index (χ3v) is 6.85. The Bertz CT molecular complexity index is 1430. The maximum atomic E-state index is 14.2. The van der Waals surface area contributed by atoms with Crippen LogP contribution < -0.4 is 9.47 Å². The van der Waals surface area contributed by atoms with Crippen molar-refractivity contribution in [1.82, 2.24) is 4.90 Å². The Balaban J connectivity index is 1.54. The van der Waals surface area contributed by atoms with Gasteiger partial charge in [0.1, 0.15) is 12.4 Å². The minimum atomic E-state index is -0.618. The summed E-state index contributed by atoms with van der Waals surface area (Å²) < 4.78 is 25.3. The van der Waals surface area contributed by atoms with Crippen molar-refractivity contribution in [3.05, 3.63) is 102 Å². The SMILES string of the molecule is COc1cc(/C=C2\SC(=O)N(Cc3c(F)cccc3Cl)C2=O)cc(Cl)c1OCc1cccc([N+](=O)[O-])c1. The molecule has 0 aromatic heterocycles. The van der Waals surface area contributed by atoms with Crippen molar-refractivity contribution in [2.45, 2.75) is 13.2 Å². The summed E-state index contributed by atoms with van der Waals surface area (Å²) in [6, 6.07) is 13.2. The van der Waals surface area contributed by atoms with Crippen LogP contribution in [-0.4, -0.2) is 28.1 Å². The van der Waals surface area contributed by atoms with Crippen molar-refractivity contribution in [3.63, 3.8) is 0 Å². The van der Waals surface area contributed by atoms with Gasteiger partial charge in [0.25, 0.3) is 16.8 Å². The fourth-order valence-corrected chi connectivity index (χ4v) is 4.84. The van der Waals surface area contributed by atoms with Crippen molar-refractivity contribution >= 4 is 57.9 Å². The predicted octanol–water partition coefficient (Wildman–Crippen LogP) is 6.86. The van der Waals surface area contributed by atoms with Gasteiger partial charge >= 0.3 is 0 Å². The van der Waals surface area contributed by atoms with E-state index in [1.807, 2.05) is 0 Å². The molecule has 0 bridgehead atoms. The van der Waals surface area contributed by atoms with Crippen molar-refractivity contribution < 1.29 is 28.4 Å². The highest BCUT2D eigenvalue weighted by molar-refractivity contribution is 8.18. The number of amides is 2. The number of nitro benzene ring substituents is 1. The van der Waals surface area contributed by atoms with E-state index < -0.39 is 21.9 Å². The minimum Gasteiger partial charge on any atom is -0.493 e. The van der Waals surface area contributed by atoms with E-state index >= 15 is 0 Å². The predicted molar refractivity (Wildman–Crippen MR) is 138 cm³/mol. The highest BCUT2D eigenvalue weighted by Gasteiger charge is 2.36. The molecule has 3 aromatic carbocycles. The van der Waals surface area contributed by atoms with Gasteiger partial charge in [-0.05, 0) is 53.2 Å². The highest BCUT2D eigenvalue weighted by atomic mass is 35.5. The molecule has 0 saturated carbocycles. The highest BCUT2D eigenvalue weighted by Crippen LogP contribution is 2.40. The Morgan fingerprint density at radius 3 is 2.57 bits per heavy atom. The first-order valence-corrected chi connectivity index (χ1v) is 12.2. The first kappa shape index (κ1) is 26.5. The molecule has 0 radical (unpaired) electrons. The minimum absolute atomic E-state index is 0.00536. The van der Waals surface area contributed by atoms with E-state index in [4.69, 9.17) is 32.7 Å². The van der Waals surface area contributed by atoms with Gasteiger partial charge in [-0.1, -0.05) is 41.4 Å². The number of thioether (sulfide) groups is 1. The smallest absolute Gasteiger partial charge is 0.293 e. The van der Waals surface area contributed by atoms with Crippen molar-refractivity contribution in [2.24, 2.45) is 0 Å². The fraction of sp³-hybridized carbons (Fsp3) is 0.120. The third kappa shape index (κ3) is 5.87. The number of rotatable bonds is 8. The summed E-state index contributed by atoms with van der Waals surface area (Å²) in [5.41, 5.74) is 0.988. The Kier molecular flexibility index (Phi) is 8.01. The van der Waals surface area contributed by atoms with Crippen molar-refractivity contribution in [1.29, 1.82) is 0 Å². The van der Waals surface area contributed by atoms with Crippen LogP contribution in [0.4, 0.5) is 14.9 Å². The Labute approximate surface area is 224 Å². The Morgan fingerprint density at radius 2 is 1.86 bits per heavy atom. The zero-order valence-electron chi connectivity index (χ0n) is 19.1. The zero-order valence-corrected chi connectivity index (χ0v) is 21.4. The summed E-state index contributed by atoms with van der Waals surface area (Å²) >= 11 is 13.2. The van der Waals surface area contributed by atoms with E-state index in [2.05, 4.69) is 0 Å². The van der Waals surface area contributed by atoms with Gasteiger partial charge in [-0.15, -0.1) is 0 Å². The Hall–Kier alpha value is -3.60. The van der Waals surface area contributed by atoms with Crippen LogP contribution in [0.3, 0.4) is 0 Å². The molecule has 1 fully saturated rings. The fourth-order valence-electron chi connectivity index (χ4n) is 3.51. The number of carbonyl (C=O) groups is 2. The zero-order chi connectivity index (χ0) is 26.7. The normalized spacial score (nSPS) is 14.4. The van der Waals surface area contributed by atoms with E-state index in [0.29, 0.717) is 22.9 Å². The molecule has 0 unspecified atom stereocenters. The van der Waals surface area contributed by atoms with Gasteiger partial charge in [0.2, 0.25) is 0 Å². The van der Waals surface area contributed by atoms with Crippen LogP contribution in [0.2, 0.25) is 10.0 Å². The second-order valence-electron chi connectivity index (χ2n) is 7.72. The number of ether oxygens (including phenoxy) is 2. The number of hydrogen-bond donors (Lipinski definition) is 0. The van der Waals surface area contributed by atoms with Gasteiger partial charge in [-0.3, -0.25) is 24.6 Å². The maximum Gasteiger partial charge on any atom is 0.293 e. The first-order valence-electron chi connectivity index (χ1n) is 10.6. The van der Waals surface area contributed by atoms with Crippen LogP contribution in [0.1, 0.15) is 16.7 Å². The molecule has 0 atom stereocenters. The number of halogens is 3. The average molecular weight is 563 g/mol. The number of nitro groups is 1. The topological polar surface area (TPSA) is 99.0 Å². The summed E-state index contributed by atoms with van der Waals surface area (Å²) in [5, 5.41) is 10.7. The lowest BCUT2D eigenvalue weighted by Crippen LogP contribution is -2.28. The molecule has 1 heterocycles. The lowest BCUT2D eigenvalue weighted by molar-refractivity contribution is -0.384. The summed E-state index contributed by atoms with van der Waals surface area (Å²) in [7, 11) is 1.40. The molecule has 0 aliphatic carbocycles. The Morgan fingerprint density at radius 1 is 1.11 bits per heavy atom. The third-order valence-electron chi connectivity index (χ3n) is 5.31. The summed E-state index contributed by atoms with van der Waals surface area (Å²) in [5.74, 6) is -0.764. The molecular formula is C25H17Cl2FN2O6S. The van der Waals surface area contributed by atoms with Crippen LogP contribution in [0.15, 0.2) is 59.5 Å². The second kappa shape index (κ2) is 11.2. The van der Waals surface area contributed by atoms with E-state index in [1.165, 1.54) is 49.6 Å². The molecule has 8 nitrogen and oxygen atoms in total. The number of methoxy groups -OCH3 is 1. The number of non-ortho nitro benzene ring substituents is 1. The molecule has 1 aliphatic heterocycles. The molecule has 0 spiro atoms. The van der Waals surface area contributed by atoms with E-state index in [1.54, 1.807) is 18.2 Å². The molecule has 0 N–H and O–H groups in total. The van der Waals surface area contributed by atoms with Gasteiger partial charge in [-0.2, -0.15) is 0 Å². The van der Waals surface area contributed by atoms with Gasteiger partial charge in [0, 0.05) is 22.7 Å². The quantitative estimate of drug-likeness (QED) is 0.168. The lowest BCUT2D eigenvalue weighted by Gasteiger charge is -2.14. The summed E-state index contributed by atoms with van der Waals surface area (Å²) in [6.07, 6.45) is 1.46. The molecule has 190 valence electrons. The average Bonchev–Trinajstić information content (AvgIpc) is 3.12. The molecule has 1 aliphatic rings. The number of carbonyl (C=O) groups excluding carboxylic acids is 2. The standard InChI is InChI=1S/C25H17Cl2FN2O6S/c1-35-21-10-15(9-19(27)23(21)36-13-14-4-2-5-16(8-14)30(33)34)11-22-24(31)29(25(32)37-22)12-17-18(26)6-3-7-20(17)28/h2-11H,12-13H2,1H3/b22-11-. The van der Waals surface area contributed by atoms with Gasteiger partial charge < -0.3 is 9.47 Å². The van der Waals surface area contributed by atoms with Crippen LogP contribution in [0, 0.1) is 15.9 Å². The maximum absolute atomic E-state index is 14.2. The van der Waals surface area contributed by atoms with Crippen molar-refractivity contribution in [2.75, 3.05) is 7.11 Å². The van der Waals surface area contributed by atoms with E-state index in [-0.39, 0.29) is 50.9 Å². The first-order chi connectivity index (χ1) is 17.7. The van der Waals surface area contributed by atoms with Crippen molar-refractivity contribution in [3.8, 4) is 11.5 Å². The molecule has 2 amide bonds. The van der Waals surface area contributed by atoms with Gasteiger partial charge in [0.05, 0.1) is 28.5 Å². The monoisotopic (exact) mass is 562 g/mol. The molecular weight excluding hydrogens is 546 g/mol. The van der Waals surface area contributed by atoms with Crippen LogP contribution in [-0.2, 0) is 17.9 Å². The molecule has 4 rings (SSSR count). The molecule has 3 aromatic rings. The molecule has 1 saturated heterocycles. The number of imide groups is 1. The molecule has 37 heavy (non-hydrogen) atoms. The van der Waals surface area contributed by atoms with Crippen LogP contribution in [0.25, 0.3) is 6.08 Å². The van der Waals surface area contributed by atoms with Crippen LogP contribution >= 0.6 is 35.0 Å². The summed E-state index contributed by atoms with van der Waals surface area (Å²) in [4.78, 5) is 36.9. The van der Waals surface area contributed by atoms with Gasteiger partial charge in [-0.25, -0.2) is 4.39 Å². The summed E-state index contributed by atoms with van der Waals surface area (Å²) in [6.45, 7) is -0.309. The van der Waals surface area contributed by atoms with Gasteiger partial charge in [0.15, 0.2) is 11.5 Å². The number of hydrogen-bond acceptors (Lipinski definition) is 7. The molecule has 12 heteroatoms. The largest absolute Gasteiger partial charge is 0.493 e. The lowest BCUT2D eigenvalue weighted by atomic mass is 10.1. The second-order valence-corrected chi connectivity index (χ2v) is 9.53. The van der Waals surface area contributed by atoms with Crippen LogP contribution in [0.5, 0.6) is 11.5 Å². The number of nitrogens with zero attached hydrogens (tertiary/aromatic N) is 2.